The number of aromatic nitrogens is 2. The lowest BCUT2D eigenvalue weighted by Gasteiger charge is -2.16. The number of Topliss-reactive ketones (excluding diaryl/α,β-unsaturated/α-hetero) is 1. The summed E-state index contributed by atoms with van der Waals surface area (Å²) in [4.78, 5) is 38.8. The maximum absolute atomic E-state index is 11.7. The molecule has 1 aromatic heterocycles. The van der Waals surface area contributed by atoms with Crippen molar-refractivity contribution in [3.8, 4) is 0 Å². The van der Waals surface area contributed by atoms with Crippen molar-refractivity contribution in [2.45, 2.75) is 37.4 Å². The second-order valence-corrected chi connectivity index (χ2v) is 4.83. The zero-order valence-corrected chi connectivity index (χ0v) is 11.4. The molecular formula is C12H15N4O6+. The number of aliphatic hydroxyl groups is 2. The lowest BCUT2D eigenvalue weighted by atomic mass is 10.0. The third-order valence-electron chi connectivity index (χ3n) is 3.35. The Morgan fingerprint density at radius 2 is 2.18 bits per heavy atom. The summed E-state index contributed by atoms with van der Waals surface area (Å²) in [5.41, 5.74) is 5.17. The maximum Gasteiger partial charge on any atom is 0.372 e. The van der Waals surface area contributed by atoms with Crippen LogP contribution in [0.15, 0.2) is 21.9 Å². The molecule has 0 saturated carbocycles. The molecule has 0 radical (unpaired) electrons. The first-order chi connectivity index (χ1) is 10.4. The molecule has 4 unspecified atom stereocenters. The molecule has 4 atom stereocenters. The first-order valence-electron chi connectivity index (χ1n) is 6.49. The van der Waals surface area contributed by atoms with E-state index in [1.807, 2.05) is 4.98 Å². The van der Waals surface area contributed by atoms with Crippen LogP contribution in [0.4, 0.5) is 0 Å². The number of ketones is 1. The van der Waals surface area contributed by atoms with E-state index in [0.29, 0.717) is 0 Å². The maximum atomic E-state index is 11.7. The molecule has 22 heavy (non-hydrogen) atoms. The predicted molar refractivity (Wildman–Crippen MR) is 70.5 cm³/mol. The van der Waals surface area contributed by atoms with Crippen LogP contribution in [0.3, 0.4) is 0 Å². The molecule has 1 aromatic rings. The number of aliphatic hydroxyl groups excluding tert-OH is 2. The van der Waals surface area contributed by atoms with Crippen LogP contribution in [0.1, 0.15) is 19.1 Å². The number of carbonyl (C=O) groups excluding carboxylic acids is 1. The van der Waals surface area contributed by atoms with Gasteiger partial charge in [-0.3, -0.25) is 19.1 Å². The summed E-state index contributed by atoms with van der Waals surface area (Å²) in [5.74, 6) is -0.412. The van der Waals surface area contributed by atoms with E-state index >= 15 is 0 Å². The average molecular weight is 311 g/mol. The fraction of sp³-hybridized carbons (Fsp3) is 0.500. The summed E-state index contributed by atoms with van der Waals surface area (Å²) in [6.07, 6.45) is -2.63. The first kappa shape index (κ1) is 16.0. The van der Waals surface area contributed by atoms with Crippen molar-refractivity contribution in [1.82, 2.24) is 9.55 Å². The third-order valence-corrected chi connectivity index (χ3v) is 3.35. The van der Waals surface area contributed by atoms with Crippen molar-refractivity contribution >= 4 is 12.0 Å². The van der Waals surface area contributed by atoms with Crippen LogP contribution >= 0.6 is 0 Å². The molecule has 0 aromatic carbocycles. The fourth-order valence-corrected chi connectivity index (χ4v) is 2.25. The molecule has 0 aliphatic carbocycles. The van der Waals surface area contributed by atoms with Crippen molar-refractivity contribution in [2.24, 2.45) is 0 Å². The standard InChI is InChI=1S/C12H14N4O6/c13-14-5-6(17)1-2-7-9(19)10(20)11(22-7)16-4-3-8(18)15-12(16)21/h3-5,7,9-11,13,19-20H,1-2H2/p+1. The largest absolute Gasteiger partial charge is 0.388 e. The summed E-state index contributed by atoms with van der Waals surface area (Å²) in [7, 11) is 0. The highest BCUT2D eigenvalue weighted by Gasteiger charge is 2.43. The zero-order chi connectivity index (χ0) is 16.3. The Kier molecular flexibility index (Phi) is 4.78. The highest BCUT2D eigenvalue weighted by atomic mass is 16.6. The Morgan fingerprint density at radius 1 is 1.45 bits per heavy atom. The van der Waals surface area contributed by atoms with Crippen molar-refractivity contribution < 1.29 is 24.5 Å². The van der Waals surface area contributed by atoms with Crippen LogP contribution in [0.2, 0.25) is 0 Å². The third kappa shape index (κ3) is 3.26. The number of hydrogen-bond donors (Lipinski definition) is 4. The molecule has 10 nitrogen and oxygen atoms in total. The Labute approximate surface area is 123 Å². The Bertz CT molecular complexity index is 719. The van der Waals surface area contributed by atoms with Gasteiger partial charge in [0.05, 0.1) is 16.4 Å². The van der Waals surface area contributed by atoms with Crippen molar-refractivity contribution in [2.75, 3.05) is 0 Å². The Balaban J connectivity index is 2.13. The van der Waals surface area contributed by atoms with Gasteiger partial charge in [-0.15, -0.1) is 0 Å². The molecule has 1 fully saturated rings. The average Bonchev–Trinajstić information content (AvgIpc) is 2.74. The summed E-state index contributed by atoms with van der Waals surface area (Å²) < 4.78 is 6.38. The van der Waals surface area contributed by atoms with Gasteiger partial charge in [0.25, 0.3) is 5.56 Å². The van der Waals surface area contributed by atoms with E-state index in [4.69, 9.17) is 10.3 Å². The number of hydrogen-bond acceptors (Lipinski definition) is 7. The lowest BCUT2D eigenvalue weighted by molar-refractivity contribution is -0.131. The van der Waals surface area contributed by atoms with Crippen LogP contribution in [-0.2, 0) is 9.53 Å². The number of rotatable bonds is 5. The number of nitrogens with one attached hydrogen (secondary N) is 2. The number of ether oxygens (including phenoxy) is 1. The second-order valence-electron chi connectivity index (χ2n) is 4.83. The minimum Gasteiger partial charge on any atom is -0.388 e. The zero-order valence-electron chi connectivity index (χ0n) is 11.4. The number of aromatic amines is 1. The van der Waals surface area contributed by atoms with Crippen molar-refractivity contribution in [1.29, 1.82) is 5.53 Å². The van der Waals surface area contributed by atoms with Gasteiger partial charge in [0.15, 0.2) is 6.23 Å². The molecule has 1 aliphatic rings. The molecular weight excluding hydrogens is 296 g/mol. The van der Waals surface area contributed by atoms with Gasteiger partial charge < -0.3 is 14.9 Å². The number of nitrogens with zero attached hydrogens (tertiary/aromatic N) is 2. The van der Waals surface area contributed by atoms with Crippen LogP contribution < -0.4 is 11.2 Å². The highest BCUT2D eigenvalue weighted by Crippen LogP contribution is 2.30. The molecule has 10 heteroatoms. The first-order valence-corrected chi connectivity index (χ1v) is 6.49. The summed E-state index contributed by atoms with van der Waals surface area (Å²) in [5, 5.41) is 19.9. The highest BCUT2D eigenvalue weighted by molar-refractivity contribution is 6.25. The van der Waals surface area contributed by atoms with Crippen LogP contribution in [0.25, 0.3) is 0 Å². The topological polar surface area (TPSA) is 160 Å². The van der Waals surface area contributed by atoms with E-state index < -0.39 is 41.6 Å². The fourth-order valence-electron chi connectivity index (χ4n) is 2.25. The Hall–Kier alpha value is -2.39. The molecule has 0 bridgehead atoms. The van der Waals surface area contributed by atoms with Gasteiger partial charge >= 0.3 is 11.9 Å². The van der Waals surface area contributed by atoms with Gasteiger partial charge in [0.1, 0.15) is 12.2 Å². The summed E-state index contributed by atoms with van der Waals surface area (Å²) in [6.45, 7) is 0. The molecule has 0 amide bonds. The number of carbonyl (C=O) groups is 1. The molecule has 0 spiro atoms. The summed E-state index contributed by atoms with van der Waals surface area (Å²) in [6, 6.07) is 1.09. The van der Waals surface area contributed by atoms with Gasteiger partial charge in [0.2, 0.25) is 5.78 Å². The molecule has 118 valence electrons. The van der Waals surface area contributed by atoms with Gasteiger partial charge in [-0.1, -0.05) is 0 Å². The Morgan fingerprint density at radius 3 is 2.82 bits per heavy atom. The molecule has 4 N–H and O–H groups in total. The predicted octanol–water partition coefficient (Wildman–Crippen LogP) is -2.18. The van der Waals surface area contributed by atoms with E-state index in [9.17, 15) is 24.6 Å². The van der Waals surface area contributed by atoms with E-state index in [0.717, 1.165) is 23.0 Å². The molecule has 1 saturated heterocycles. The van der Waals surface area contributed by atoms with Gasteiger partial charge in [0, 0.05) is 18.7 Å². The van der Waals surface area contributed by atoms with E-state index in [-0.39, 0.29) is 12.8 Å². The van der Waals surface area contributed by atoms with E-state index in [2.05, 4.69) is 4.79 Å². The van der Waals surface area contributed by atoms with Crippen LogP contribution in [-0.4, -0.2) is 54.9 Å². The summed E-state index contributed by atoms with van der Waals surface area (Å²) >= 11 is 0. The molecule has 1 aliphatic heterocycles. The van der Waals surface area contributed by atoms with Gasteiger partial charge in [-0.05, 0) is 6.42 Å². The normalized spacial score (nSPS) is 27.4. The van der Waals surface area contributed by atoms with Crippen molar-refractivity contribution in [3.63, 3.8) is 0 Å². The smallest absolute Gasteiger partial charge is 0.372 e. The SMILES string of the molecule is N=[N+]=CC(=O)CCC1OC(n2ccc(=O)[nH]c2=O)C(O)C1O. The monoisotopic (exact) mass is 311 g/mol. The molecule has 2 heterocycles. The minimum absolute atomic E-state index is 0.0237. The van der Waals surface area contributed by atoms with Crippen LogP contribution in [0, 0.1) is 5.53 Å². The molecule has 2 rings (SSSR count). The van der Waals surface area contributed by atoms with Gasteiger partial charge in [-0.25, -0.2) is 4.79 Å². The second kappa shape index (κ2) is 6.58. The van der Waals surface area contributed by atoms with E-state index in [1.165, 1.54) is 0 Å². The van der Waals surface area contributed by atoms with E-state index in [1.54, 1.807) is 0 Å². The van der Waals surface area contributed by atoms with Crippen LogP contribution in [0.5, 0.6) is 0 Å². The minimum atomic E-state index is -1.38. The quantitative estimate of drug-likeness (QED) is 0.274. The number of H-pyrrole nitrogens is 1. The van der Waals surface area contributed by atoms with Crippen molar-refractivity contribution in [3.05, 3.63) is 33.1 Å². The van der Waals surface area contributed by atoms with Gasteiger partial charge in [-0.2, -0.15) is 0 Å². The lowest BCUT2D eigenvalue weighted by Crippen LogP contribution is -2.37.